The summed E-state index contributed by atoms with van der Waals surface area (Å²) in [5.41, 5.74) is 2.11. The van der Waals surface area contributed by atoms with Crippen LogP contribution in [0.1, 0.15) is 11.3 Å². The molecule has 0 amide bonds. The number of benzene rings is 2. The van der Waals surface area contributed by atoms with E-state index >= 15 is 0 Å². The topological polar surface area (TPSA) is 69.0 Å². The molecule has 0 saturated carbocycles. The monoisotopic (exact) mass is 461 g/mol. The Morgan fingerprint density at radius 2 is 1.64 bits per heavy atom. The van der Waals surface area contributed by atoms with Crippen molar-refractivity contribution < 1.29 is 28.1 Å². The molecule has 1 N–H and O–H groups in total. The van der Waals surface area contributed by atoms with Gasteiger partial charge in [0.25, 0.3) is 0 Å². The lowest BCUT2D eigenvalue weighted by Crippen LogP contribution is -2.36. The Labute approximate surface area is 192 Å². The van der Waals surface area contributed by atoms with Gasteiger partial charge in [0.15, 0.2) is 0 Å². The Balaban J connectivity index is 1.98. The van der Waals surface area contributed by atoms with Crippen LogP contribution in [-0.2, 0) is 16.0 Å². The highest BCUT2D eigenvalue weighted by Crippen LogP contribution is 2.32. The molecule has 3 rings (SSSR count). The van der Waals surface area contributed by atoms with Crippen LogP contribution in [0.2, 0.25) is 0 Å². The van der Waals surface area contributed by atoms with Gasteiger partial charge in [-0.15, -0.1) is 0 Å². The van der Waals surface area contributed by atoms with Gasteiger partial charge in [0, 0.05) is 33.9 Å². The van der Waals surface area contributed by atoms with Crippen LogP contribution in [0.15, 0.2) is 48.5 Å². The maximum atomic E-state index is 13.5. The Morgan fingerprint density at radius 1 is 1.00 bits per heavy atom. The highest BCUT2D eigenvalue weighted by atomic mass is 19.1. The average molecular weight is 462 g/mol. The molecule has 0 aliphatic heterocycles. The molecule has 1 atom stereocenters. The molecule has 0 bridgehead atoms. The van der Waals surface area contributed by atoms with E-state index in [1.165, 1.54) is 43.5 Å². The Morgan fingerprint density at radius 3 is 2.24 bits per heavy atom. The predicted molar refractivity (Wildman–Crippen MR) is 120 cm³/mol. The second-order valence-corrected chi connectivity index (χ2v) is 7.65. The van der Waals surface area contributed by atoms with E-state index in [0.717, 1.165) is 5.56 Å². The molecule has 3 aromatic rings. The van der Waals surface area contributed by atoms with E-state index < -0.39 is 6.10 Å². The minimum atomic E-state index is -0.680. The van der Waals surface area contributed by atoms with Crippen molar-refractivity contribution >= 4 is 0 Å². The molecule has 0 aliphatic carbocycles. The molecule has 0 spiro atoms. The standard InChI is InChI=1S/C24H29F2N3O4/c1-17-23(15-28(12-13-31-2)14-21(30)16-32-3)24(33-22-10-6-19(26)7-11-22)29(27-17)20-8-4-18(25)5-9-20/h4-11,21,30H,12-16H2,1-3H3/t21-/m0/s1. The van der Waals surface area contributed by atoms with Crippen molar-refractivity contribution in [3.63, 3.8) is 0 Å². The van der Waals surface area contributed by atoms with Crippen LogP contribution in [0.4, 0.5) is 8.78 Å². The van der Waals surface area contributed by atoms with Gasteiger partial charge in [-0.25, -0.2) is 13.5 Å². The van der Waals surface area contributed by atoms with Crippen LogP contribution in [0, 0.1) is 18.6 Å². The van der Waals surface area contributed by atoms with E-state index in [2.05, 4.69) is 5.10 Å². The third-order valence-electron chi connectivity index (χ3n) is 5.06. The van der Waals surface area contributed by atoms with Gasteiger partial charge in [-0.3, -0.25) is 4.90 Å². The largest absolute Gasteiger partial charge is 0.439 e. The van der Waals surface area contributed by atoms with E-state index in [4.69, 9.17) is 14.2 Å². The number of hydrogen-bond donors (Lipinski definition) is 1. The van der Waals surface area contributed by atoms with Crippen molar-refractivity contribution in [2.24, 2.45) is 0 Å². The number of aliphatic hydroxyl groups excluding tert-OH is 1. The normalized spacial score (nSPS) is 12.3. The van der Waals surface area contributed by atoms with Gasteiger partial charge < -0.3 is 19.3 Å². The second kappa shape index (κ2) is 11.9. The van der Waals surface area contributed by atoms with Crippen LogP contribution < -0.4 is 4.74 Å². The molecule has 0 fully saturated rings. The molecule has 7 nitrogen and oxygen atoms in total. The first-order chi connectivity index (χ1) is 15.9. The van der Waals surface area contributed by atoms with Crippen LogP contribution >= 0.6 is 0 Å². The lowest BCUT2D eigenvalue weighted by Gasteiger charge is -2.25. The maximum absolute atomic E-state index is 13.5. The fourth-order valence-corrected chi connectivity index (χ4v) is 3.42. The van der Waals surface area contributed by atoms with Gasteiger partial charge in [-0.05, 0) is 55.5 Å². The second-order valence-electron chi connectivity index (χ2n) is 7.65. The molecule has 9 heteroatoms. The number of methoxy groups -OCH3 is 2. The summed E-state index contributed by atoms with van der Waals surface area (Å²) in [5.74, 6) is 0.128. The lowest BCUT2D eigenvalue weighted by atomic mass is 10.2. The van der Waals surface area contributed by atoms with Crippen molar-refractivity contribution in [1.82, 2.24) is 14.7 Å². The summed E-state index contributed by atoms with van der Waals surface area (Å²) in [4.78, 5) is 2.02. The molecule has 178 valence electrons. The summed E-state index contributed by atoms with van der Waals surface area (Å²) in [7, 11) is 3.15. The van der Waals surface area contributed by atoms with E-state index in [1.54, 1.807) is 23.9 Å². The summed E-state index contributed by atoms with van der Waals surface area (Å²) in [6.45, 7) is 3.86. The zero-order valence-corrected chi connectivity index (χ0v) is 19.0. The highest BCUT2D eigenvalue weighted by molar-refractivity contribution is 5.43. The van der Waals surface area contributed by atoms with Crippen molar-refractivity contribution in [2.45, 2.75) is 19.6 Å². The summed E-state index contributed by atoms with van der Waals surface area (Å²) in [5, 5.41) is 14.9. The zero-order valence-electron chi connectivity index (χ0n) is 19.0. The Kier molecular flexibility index (Phi) is 8.90. The average Bonchev–Trinajstić information content (AvgIpc) is 3.09. The fraction of sp³-hybridized carbons (Fsp3) is 0.375. The van der Waals surface area contributed by atoms with Crippen molar-refractivity contribution in [3.8, 4) is 17.3 Å². The van der Waals surface area contributed by atoms with E-state index in [-0.39, 0.29) is 18.2 Å². The number of rotatable bonds is 12. The van der Waals surface area contributed by atoms with Gasteiger partial charge >= 0.3 is 0 Å². The maximum Gasteiger partial charge on any atom is 0.227 e. The summed E-state index contributed by atoms with van der Waals surface area (Å²) in [6, 6.07) is 11.6. The highest BCUT2D eigenvalue weighted by Gasteiger charge is 2.22. The van der Waals surface area contributed by atoms with Gasteiger partial charge in [0.2, 0.25) is 5.88 Å². The molecule has 33 heavy (non-hydrogen) atoms. The number of nitrogens with zero attached hydrogens (tertiary/aromatic N) is 3. The number of aryl methyl sites for hydroxylation is 1. The first-order valence-corrected chi connectivity index (χ1v) is 10.6. The summed E-state index contributed by atoms with van der Waals surface area (Å²) < 4.78 is 44.9. The lowest BCUT2D eigenvalue weighted by molar-refractivity contribution is 0.0291. The Hall–Kier alpha value is -2.85. The molecular formula is C24H29F2N3O4. The van der Waals surface area contributed by atoms with Crippen molar-refractivity contribution in [1.29, 1.82) is 0 Å². The molecule has 0 unspecified atom stereocenters. The molecule has 0 radical (unpaired) electrons. The van der Waals surface area contributed by atoms with Gasteiger partial charge in [-0.2, -0.15) is 5.10 Å². The summed E-state index contributed by atoms with van der Waals surface area (Å²) >= 11 is 0. The molecule has 0 aliphatic rings. The molecule has 2 aromatic carbocycles. The third kappa shape index (κ3) is 6.82. The van der Waals surface area contributed by atoms with Gasteiger partial charge in [-0.1, -0.05) is 0 Å². The molecule has 1 aromatic heterocycles. The number of hydrogen-bond acceptors (Lipinski definition) is 6. The molecular weight excluding hydrogens is 432 g/mol. The number of aliphatic hydroxyl groups is 1. The van der Waals surface area contributed by atoms with E-state index in [9.17, 15) is 13.9 Å². The van der Waals surface area contributed by atoms with E-state index in [0.29, 0.717) is 49.3 Å². The Bertz CT molecular complexity index is 1010. The van der Waals surface area contributed by atoms with Gasteiger partial charge in [0.1, 0.15) is 17.4 Å². The van der Waals surface area contributed by atoms with Gasteiger partial charge in [0.05, 0.1) is 36.3 Å². The van der Waals surface area contributed by atoms with Crippen LogP contribution in [0.25, 0.3) is 5.69 Å². The summed E-state index contributed by atoms with van der Waals surface area (Å²) in [6.07, 6.45) is -0.680. The molecule has 0 saturated heterocycles. The van der Waals surface area contributed by atoms with Crippen molar-refractivity contribution in [3.05, 3.63) is 71.4 Å². The van der Waals surface area contributed by atoms with Crippen LogP contribution in [0.3, 0.4) is 0 Å². The fourth-order valence-electron chi connectivity index (χ4n) is 3.42. The minimum absolute atomic E-state index is 0.205. The van der Waals surface area contributed by atoms with Crippen LogP contribution in [0.5, 0.6) is 11.6 Å². The zero-order chi connectivity index (χ0) is 23.8. The smallest absolute Gasteiger partial charge is 0.227 e. The minimum Gasteiger partial charge on any atom is -0.439 e. The predicted octanol–water partition coefficient (Wildman–Crippen LogP) is 3.71. The third-order valence-corrected chi connectivity index (χ3v) is 5.06. The van der Waals surface area contributed by atoms with E-state index in [1.807, 2.05) is 11.8 Å². The first-order valence-electron chi connectivity index (χ1n) is 10.6. The first kappa shape index (κ1) is 24.8. The SMILES string of the molecule is COCCN(Cc1c(C)nn(-c2ccc(F)cc2)c1Oc1ccc(F)cc1)C[C@H](O)COC. The van der Waals surface area contributed by atoms with Crippen LogP contribution in [-0.4, -0.2) is 66.4 Å². The quantitative estimate of drug-likeness (QED) is 0.444. The number of halogens is 2. The molecule has 1 heterocycles. The number of ether oxygens (including phenoxy) is 3. The number of aromatic nitrogens is 2. The van der Waals surface area contributed by atoms with Crippen molar-refractivity contribution in [2.75, 3.05) is 40.5 Å².